The fraction of sp³-hybridized carbons (Fsp3) is 0.471. The predicted octanol–water partition coefficient (Wildman–Crippen LogP) is 2.90. The average Bonchev–Trinajstić information content (AvgIpc) is 2.46. The molecule has 0 radical (unpaired) electrons. The van der Waals surface area contributed by atoms with Crippen LogP contribution in [0.3, 0.4) is 0 Å². The molecule has 5 heteroatoms. The summed E-state index contributed by atoms with van der Waals surface area (Å²) in [5, 5.41) is -0.607. The van der Waals surface area contributed by atoms with E-state index in [1.807, 2.05) is 18.2 Å². The molecule has 0 bridgehead atoms. The van der Waals surface area contributed by atoms with Gasteiger partial charge < -0.3 is 4.74 Å². The van der Waals surface area contributed by atoms with Gasteiger partial charge in [0, 0.05) is 24.8 Å². The Hall–Kier alpha value is -1.46. The number of Topliss-reactive ketones (excluding diaryl/α,β-unsaturated/α-hetero) is 1. The van der Waals surface area contributed by atoms with Gasteiger partial charge in [-0.2, -0.15) is 0 Å². The van der Waals surface area contributed by atoms with Gasteiger partial charge in [-0.05, 0) is 19.4 Å². The number of carbonyl (C=O) groups excluding carboxylic acids is 1. The van der Waals surface area contributed by atoms with Gasteiger partial charge in [-0.15, -0.1) is 0 Å². The van der Waals surface area contributed by atoms with E-state index in [1.54, 1.807) is 39.0 Å². The van der Waals surface area contributed by atoms with Crippen LogP contribution < -0.4 is 0 Å². The molecule has 0 unspecified atom stereocenters. The van der Waals surface area contributed by atoms with Crippen molar-refractivity contribution in [2.45, 2.75) is 32.1 Å². The van der Waals surface area contributed by atoms with Gasteiger partial charge >= 0.3 is 0 Å². The van der Waals surface area contributed by atoms with Crippen LogP contribution in [0, 0.1) is 5.92 Å². The van der Waals surface area contributed by atoms with Crippen molar-refractivity contribution < 1.29 is 17.9 Å². The third-order valence-electron chi connectivity index (χ3n) is 3.80. The first-order valence-electron chi connectivity index (χ1n) is 7.17. The SMILES string of the molecule is CO[C@@H](/C(C)=C\[C@H](C)S(C)(=O)=O)[C@H](C)C(=O)c1ccccc1. The lowest BCUT2D eigenvalue weighted by Gasteiger charge is -2.23. The van der Waals surface area contributed by atoms with Crippen LogP contribution in [0.2, 0.25) is 0 Å². The van der Waals surface area contributed by atoms with Crippen LogP contribution in [0.4, 0.5) is 0 Å². The van der Waals surface area contributed by atoms with Crippen LogP contribution in [0.5, 0.6) is 0 Å². The monoisotopic (exact) mass is 324 g/mol. The van der Waals surface area contributed by atoms with E-state index in [9.17, 15) is 13.2 Å². The zero-order valence-corrected chi connectivity index (χ0v) is 14.6. The summed E-state index contributed by atoms with van der Waals surface area (Å²) < 4.78 is 28.5. The molecule has 0 spiro atoms. The number of rotatable bonds is 7. The summed E-state index contributed by atoms with van der Waals surface area (Å²) in [4.78, 5) is 12.5. The summed E-state index contributed by atoms with van der Waals surface area (Å²) in [6, 6.07) is 9.02. The molecule has 0 aliphatic rings. The summed E-state index contributed by atoms with van der Waals surface area (Å²) in [7, 11) is -1.62. The van der Waals surface area contributed by atoms with Crippen molar-refractivity contribution in [1.82, 2.24) is 0 Å². The molecule has 0 saturated carbocycles. The molecule has 1 aromatic carbocycles. The Balaban J connectivity index is 3.00. The van der Waals surface area contributed by atoms with E-state index in [0.29, 0.717) is 5.56 Å². The van der Waals surface area contributed by atoms with Crippen molar-refractivity contribution in [3.05, 3.63) is 47.5 Å². The highest BCUT2D eigenvalue weighted by atomic mass is 32.2. The third-order valence-corrected chi connectivity index (χ3v) is 5.29. The van der Waals surface area contributed by atoms with Crippen LogP contribution >= 0.6 is 0 Å². The van der Waals surface area contributed by atoms with Crippen LogP contribution in [0.25, 0.3) is 0 Å². The van der Waals surface area contributed by atoms with Crippen molar-refractivity contribution in [3.63, 3.8) is 0 Å². The summed E-state index contributed by atoms with van der Waals surface area (Å²) in [6.07, 6.45) is 2.40. The molecule has 122 valence electrons. The third kappa shape index (κ3) is 4.78. The van der Waals surface area contributed by atoms with E-state index in [1.165, 1.54) is 13.4 Å². The summed E-state index contributed by atoms with van der Waals surface area (Å²) in [5.74, 6) is -0.414. The number of sulfone groups is 1. The number of ether oxygens (including phenoxy) is 1. The Morgan fingerprint density at radius 1 is 1.18 bits per heavy atom. The standard InChI is InChI=1S/C17H24O4S/c1-12(11-13(2)22(5,19)20)17(21-4)14(3)16(18)15-9-7-6-8-10-15/h6-11,13-14,17H,1-5H3/b12-11-/t13-,14+,17-/m0/s1. The van der Waals surface area contributed by atoms with Crippen molar-refractivity contribution in [2.24, 2.45) is 5.92 Å². The van der Waals surface area contributed by atoms with Gasteiger partial charge in [0.1, 0.15) is 0 Å². The first-order chi connectivity index (χ1) is 10.2. The van der Waals surface area contributed by atoms with E-state index in [0.717, 1.165) is 5.57 Å². The zero-order chi connectivity index (χ0) is 16.9. The first-order valence-corrected chi connectivity index (χ1v) is 9.13. The molecule has 0 saturated heterocycles. The van der Waals surface area contributed by atoms with Gasteiger partial charge in [0.25, 0.3) is 0 Å². The molecule has 4 nitrogen and oxygen atoms in total. The maximum absolute atomic E-state index is 12.5. The summed E-state index contributed by atoms with van der Waals surface area (Å²) >= 11 is 0. The van der Waals surface area contributed by atoms with Crippen molar-refractivity contribution in [3.8, 4) is 0 Å². The summed E-state index contributed by atoms with van der Waals surface area (Å²) in [5.41, 5.74) is 1.37. The first kappa shape index (κ1) is 18.6. The quantitative estimate of drug-likeness (QED) is 0.571. The van der Waals surface area contributed by atoms with Gasteiger partial charge in [0.05, 0.1) is 11.4 Å². The van der Waals surface area contributed by atoms with Crippen LogP contribution in [-0.2, 0) is 14.6 Å². The highest BCUT2D eigenvalue weighted by Gasteiger charge is 2.27. The van der Waals surface area contributed by atoms with Crippen molar-refractivity contribution in [1.29, 1.82) is 0 Å². The molecule has 0 aliphatic carbocycles. The van der Waals surface area contributed by atoms with Gasteiger partial charge in [-0.25, -0.2) is 8.42 Å². The minimum absolute atomic E-state index is 0.0211. The Kier molecular flexibility index (Phi) is 6.50. The van der Waals surface area contributed by atoms with E-state index >= 15 is 0 Å². The topological polar surface area (TPSA) is 60.4 Å². The lowest BCUT2D eigenvalue weighted by atomic mass is 9.90. The average molecular weight is 324 g/mol. The lowest BCUT2D eigenvalue weighted by molar-refractivity contribution is 0.0634. The maximum Gasteiger partial charge on any atom is 0.168 e. The molecule has 0 aliphatic heterocycles. The fourth-order valence-electron chi connectivity index (χ4n) is 2.38. The second kappa shape index (κ2) is 7.70. The molecule has 3 atom stereocenters. The Morgan fingerprint density at radius 2 is 1.73 bits per heavy atom. The lowest BCUT2D eigenvalue weighted by Crippen LogP contribution is -2.29. The number of ketones is 1. The molecule has 22 heavy (non-hydrogen) atoms. The number of benzene rings is 1. The molecule has 0 aromatic heterocycles. The molecule has 0 N–H and O–H groups in total. The van der Waals surface area contributed by atoms with Crippen LogP contribution in [0.1, 0.15) is 31.1 Å². The van der Waals surface area contributed by atoms with Gasteiger partial charge in [-0.3, -0.25) is 4.79 Å². The summed E-state index contributed by atoms with van der Waals surface area (Å²) in [6.45, 7) is 5.21. The molecular weight excluding hydrogens is 300 g/mol. The Morgan fingerprint density at radius 3 is 2.18 bits per heavy atom. The number of methoxy groups -OCH3 is 1. The number of hydrogen-bond acceptors (Lipinski definition) is 4. The van der Waals surface area contributed by atoms with E-state index < -0.39 is 27.1 Å². The van der Waals surface area contributed by atoms with E-state index in [-0.39, 0.29) is 5.78 Å². The number of carbonyl (C=O) groups is 1. The van der Waals surface area contributed by atoms with Gasteiger partial charge in [0.15, 0.2) is 15.6 Å². The normalized spacial score (nSPS) is 16.9. The largest absolute Gasteiger partial charge is 0.376 e. The second-order valence-corrected chi connectivity index (χ2v) is 8.02. The van der Waals surface area contributed by atoms with Gasteiger partial charge in [-0.1, -0.05) is 43.3 Å². The molecule has 0 amide bonds. The highest BCUT2D eigenvalue weighted by molar-refractivity contribution is 7.91. The van der Waals surface area contributed by atoms with Gasteiger partial charge in [0.2, 0.25) is 0 Å². The Labute approximate surface area is 133 Å². The Bertz CT molecular complexity index is 632. The minimum Gasteiger partial charge on any atom is -0.376 e. The smallest absolute Gasteiger partial charge is 0.168 e. The van der Waals surface area contributed by atoms with Crippen molar-refractivity contribution in [2.75, 3.05) is 13.4 Å². The predicted molar refractivity (Wildman–Crippen MR) is 88.8 cm³/mol. The zero-order valence-electron chi connectivity index (χ0n) is 13.7. The highest BCUT2D eigenvalue weighted by Crippen LogP contribution is 2.21. The second-order valence-electron chi connectivity index (χ2n) is 5.62. The molecule has 1 rings (SSSR count). The molecule has 0 fully saturated rings. The molecule has 0 heterocycles. The number of hydrogen-bond donors (Lipinski definition) is 0. The maximum atomic E-state index is 12.5. The van der Waals surface area contributed by atoms with Crippen molar-refractivity contribution >= 4 is 15.6 Å². The van der Waals surface area contributed by atoms with E-state index in [2.05, 4.69) is 0 Å². The minimum atomic E-state index is -3.15. The fourth-order valence-corrected chi connectivity index (χ4v) is 2.84. The van der Waals surface area contributed by atoms with Crippen LogP contribution in [0.15, 0.2) is 42.0 Å². The molecular formula is C17H24O4S. The van der Waals surface area contributed by atoms with Crippen LogP contribution in [-0.4, -0.2) is 38.9 Å². The van der Waals surface area contributed by atoms with E-state index in [4.69, 9.17) is 4.74 Å². The molecule has 1 aromatic rings.